The quantitative estimate of drug-likeness (QED) is 0.850. The van der Waals surface area contributed by atoms with Gasteiger partial charge in [-0.2, -0.15) is 0 Å². The number of benzene rings is 1. The summed E-state index contributed by atoms with van der Waals surface area (Å²) in [7, 11) is 4.02. The fourth-order valence-electron chi connectivity index (χ4n) is 1.68. The number of anilines is 2. The van der Waals surface area contributed by atoms with Crippen molar-refractivity contribution in [3.8, 4) is 5.75 Å². The third-order valence-corrected chi connectivity index (χ3v) is 3.53. The Hall–Kier alpha value is -1.82. The second kappa shape index (κ2) is 7.09. The van der Waals surface area contributed by atoms with Crippen LogP contribution in [0.25, 0.3) is 0 Å². The largest absolute Gasteiger partial charge is 0.487 e. The van der Waals surface area contributed by atoms with Gasteiger partial charge in [-0.15, -0.1) is 5.10 Å². The van der Waals surface area contributed by atoms with E-state index in [0.29, 0.717) is 6.61 Å². The van der Waals surface area contributed by atoms with Gasteiger partial charge in [0.1, 0.15) is 23.1 Å². The van der Waals surface area contributed by atoms with Crippen LogP contribution in [0.4, 0.5) is 10.7 Å². The van der Waals surface area contributed by atoms with Crippen LogP contribution in [0.5, 0.6) is 5.75 Å². The van der Waals surface area contributed by atoms with Gasteiger partial charge in [0.15, 0.2) is 0 Å². The zero-order valence-corrected chi connectivity index (χ0v) is 12.9. The number of nitrogens with one attached hydrogen (secondary N) is 1. The molecule has 1 heterocycles. The molecule has 0 atom stereocenters. The lowest BCUT2D eigenvalue weighted by atomic mass is 10.3. The number of ether oxygens (including phenoxy) is 1. The van der Waals surface area contributed by atoms with Gasteiger partial charge in [0.05, 0.1) is 0 Å². The van der Waals surface area contributed by atoms with Crippen LogP contribution in [0.15, 0.2) is 24.3 Å². The smallest absolute Gasteiger partial charge is 0.136 e. The van der Waals surface area contributed by atoms with E-state index in [0.717, 1.165) is 35.1 Å². The van der Waals surface area contributed by atoms with Gasteiger partial charge < -0.3 is 15.0 Å². The summed E-state index contributed by atoms with van der Waals surface area (Å²) in [6.07, 6.45) is 1.07. The molecule has 0 amide bonds. The molecular weight excluding hydrogens is 272 g/mol. The summed E-state index contributed by atoms with van der Waals surface area (Å²) in [6.45, 7) is 3.48. The van der Waals surface area contributed by atoms with Crippen LogP contribution < -0.4 is 15.0 Å². The number of rotatable bonds is 7. The zero-order valence-electron chi connectivity index (χ0n) is 12.1. The number of hydrogen-bond acceptors (Lipinski definition) is 6. The van der Waals surface area contributed by atoms with E-state index >= 15 is 0 Å². The van der Waals surface area contributed by atoms with Crippen LogP contribution in [-0.4, -0.2) is 30.2 Å². The first-order chi connectivity index (χ1) is 9.70. The molecule has 0 aliphatic carbocycles. The summed E-state index contributed by atoms with van der Waals surface area (Å²) < 4.78 is 9.77. The fraction of sp³-hybridized carbons (Fsp3) is 0.429. The maximum absolute atomic E-state index is 5.80. The molecular formula is C14H20N4OS. The van der Waals surface area contributed by atoms with Crippen molar-refractivity contribution >= 4 is 22.2 Å². The lowest BCUT2D eigenvalue weighted by Gasteiger charge is -2.14. The van der Waals surface area contributed by atoms with E-state index in [1.54, 1.807) is 0 Å². The minimum absolute atomic E-state index is 0.430. The second-order valence-corrected chi connectivity index (χ2v) is 5.41. The van der Waals surface area contributed by atoms with Crippen LogP contribution in [0.2, 0.25) is 0 Å². The van der Waals surface area contributed by atoms with Gasteiger partial charge in [0, 0.05) is 43.9 Å². The van der Waals surface area contributed by atoms with E-state index in [4.69, 9.17) is 4.74 Å². The molecule has 0 aliphatic heterocycles. The van der Waals surface area contributed by atoms with Crippen molar-refractivity contribution < 1.29 is 4.74 Å². The normalized spacial score (nSPS) is 10.3. The molecule has 108 valence electrons. The molecule has 0 fully saturated rings. The first kappa shape index (κ1) is 14.6. The van der Waals surface area contributed by atoms with Crippen molar-refractivity contribution in [2.24, 2.45) is 0 Å². The monoisotopic (exact) mass is 292 g/mol. The fourth-order valence-corrected chi connectivity index (χ4v) is 2.27. The van der Waals surface area contributed by atoms with Crippen LogP contribution in [-0.2, 0) is 6.61 Å². The third kappa shape index (κ3) is 3.84. The summed E-state index contributed by atoms with van der Waals surface area (Å²) in [5.41, 5.74) is 1.97. The molecule has 0 saturated heterocycles. The van der Waals surface area contributed by atoms with Gasteiger partial charge in [0.2, 0.25) is 0 Å². The molecule has 1 aromatic carbocycles. The maximum atomic E-state index is 5.80. The summed E-state index contributed by atoms with van der Waals surface area (Å²) in [4.78, 5) is 2.05. The maximum Gasteiger partial charge on any atom is 0.136 e. The Kier molecular flexibility index (Phi) is 5.17. The van der Waals surface area contributed by atoms with Crippen LogP contribution in [0.3, 0.4) is 0 Å². The highest BCUT2D eigenvalue weighted by Crippen LogP contribution is 2.23. The Balaban J connectivity index is 1.98. The van der Waals surface area contributed by atoms with Crippen molar-refractivity contribution in [2.75, 3.05) is 30.9 Å². The highest BCUT2D eigenvalue weighted by atomic mass is 32.1. The molecule has 20 heavy (non-hydrogen) atoms. The molecule has 2 rings (SSSR count). The van der Waals surface area contributed by atoms with E-state index in [1.807, 2.05) is 43.3 Å². The minimum atomic E-state index is 0.430. The molecule has 1 N–H and O–H groups in total. The molecule has 0 unspecified atom stereocenters. The van der Waals surface area contributed by atoms with Crippen molar-refractivity contribution in [3.05, 3.63) is 30.0 Å². The van der Waals surface area contributed by atoms with Gasteiger partial charge in [-0.25, -0.2) is 0 Å². The van der Waals surface area contributed by atoms with Gasteiger partial charge in [-0.05, 0) is 18.6 Å². The molecule has 0 saturated carbocycles. The van der Waals surface area contributed by atoms with Crippen molar-refractivity contribution in [1.82, 2.24) is 9.59 Å². The molecule has 1 aromatic heterocycles. The van der Waals surface area contributed by atoms with Gasteiger partial charge in [-0.3, -0.25) is 0 Å². The topological polar surface area (TPSA) is 50.3 Å². The van der Waals surface area contributed by atoms with Crippen molar-refractivity contribution in [1.29, 1.82) is 0 Å². The Morgan fingerprint density at radius 2 is 2.20 bits per heavy atom. The van der Waals surface area contributed by atoms with Gasteiger partial charge in [0.25, 0.3) is 0 Å². The standard InChI is InChI=1S/C14H20N4OS/c1-4-8-15-14-13(16-17-20-14)10-19-12-7-5-6-11(9-12)18(2)3/h5-7,9,15H,4,8,10H2,1-3H3. The zero-order chi connectivity index (χ0) is 14.4. The lowest BCUT2D eigenvalue weighted by molar-refractivity contribution is 0.302. The molecule has 0 spiro atoms. The molecule has 6 heteroatoms. The summed E-state index contributed by atoms with van der Waals surface area (Å²) in [6, 6.07) is 8.00. The van der Waals surface area contributed by atoms with E-state index in [-0.39, 0.29) is 0 Å². The van der Waals surface area contributed by atoms with E-state index in [9.17, 15) is 0 Å². The average Bonchev–Trinajstić information content (AvgIpc) is 2.90. The van der Waals surface area contributed by atoms with Crippen LogP contribution in [0.1, 0.15) is 19.0 Å². The summed E-state index contributed by atoms with van der Waals surface area (Å²) in [5, 5.41) is 8.42. The first-order valence-electron chi connectivity index (χ1n) is 6.66. The highest BCUT2D eigenvalue weighted by Gasteiger charge is 2.08. The van der Waals surface area contributed by atoms with Crippen LogP contribution >= 0.6 is 11.5 Å². The minimum Gasteiger partial charge on any atom is -0.487 e. The number of nitrogens with zero attached hydrogens (tertiary/aromatic N) is 3. The highest BCUT2D eigenvalue weighted by molar-refractivity contribution is 7.10. The van der Waals surface area contributed by atoms with Crippen molar-refractivity contribution in [3.63, 3.8) is 0 Å². The average molecular weight is 292 g/mol. The second-order valence-electron chi connectivity index (χ2n) is 4.66. The van der Waals surface area contributed by atoms with Crippen molar-refractivity contribution in [2.45, 2.75) is 20.0 Å². The Labute approximate surface area is 123 Å². The molecule has 0 radical (unpaired) electrons. The van der Waals surface area contributed by atoms with Gasteiger partial charge in [-0.1, -0.05) is 17.5 Å². The third-order valence-electron chi connectivity index (χ3n) is 2.80. The molecule has 2 aromatic rings. The molecule has 0 aliphatic rings. The predicted molar refractivity (Wildman–Crippen MR) is 83.8 cm³/mol. The predicted octanol–water partition coefficient (Wildman–Crippen LogP) is 3.01. The SMILES string of the molecule is CCCNc1snnc1COc1cccc(N(C)C)c1. The van der Waals surface area contributed by atoms with E-state index in [1.165, 1.54) is 11.5 Å². The number of hydrogen-bond donors (Lipinski definition) is 1. The van der Waals surface area contributed by atoms with Crippen LogP contribution in [0, 0.1) is 0 Å². The van der Waals surface area contributed by atoms with E-state index in [2.05, 4.69) is 21.8 Å². The Morgan fingerprint density at radius 3 is 2.95 bits per heavy atom. The number of aromatic nitrogens is 2. The summed E-state index contributed by atoms with van der Waals surface area (Å²) >= 11 is 1.37. The Bertz CT molecular complexity index is 541. The lowest BCUT2D eigenvalue weighted by Crippen LogP contribution is -2.08. The molecule has 0 bridgehead atoms. The van der Waals surface area contributed by atoms with E-state index < -0.39 is 0 Å². The molecule has 5 nitrogen and oxygen atoms in total. The van der Waals surface area contributed by atoms with Gasteiger partial charge >= 0.3 is 0 Å². The summed E-state index contributed by atoms with van der Waals surface area (Å²) in [5.74, 6) is 0.839. The first-order valence-corrected chi connectivity index (χ1v) is 7.43. The Morgan fingerprint density at radius 1 is 1.35 bits per heavy atom.